The van der Waals surface area contributed by atoms with Crippen molar-refractivity contribution in [1.29, 1.82) is 0 Å². The van der Waals surface area contributed by atoms with Crippen molar-refractivity contribution < 1.29 is 0 Å². The van der Waals surface area contributed by atoms with Crippen LogP contribution in [0, 0.1) is 13.8 Å². The zero-order valence-corrected chi connectivity index (χ0v) is 11.3. The van der Waals surface area contributed by atoms with E-state index in [0.717, 1.165) is 29.3 Å². The van der Waals surface area contributed by atoms with Gasteiger partial charge in [0.1, 0.15) is 5.82 Å². The van der Waals surface area contributed by atoms with Crippen molar-refractivity contribution in [3.8, 4) is 0 Å². The van der Waals surface area contributed by atoms with Crippen LogP contribution in [-0.2, 0) is 6.42 Å². The van der Waals surface area contributed by atoms with E-state index in [1.54, 1.807) is 6.20 Å². The van der Waals surface area contributed by atoms with Crippen LogP contribution in [0.4, 0.5) is 11.5 Å². The molecule has 1 N–H and O–H groups in total. The molecule has 4 heteroatoms. The molecule has 0 aliphatic rings. The summed E-state index contributed by atoms with van der Waals surface area (Å²) >= 11 is 5.70. The maximum atomic E-state index is 5.70. The number of rotatable bonds is 4. The van der Waals surface area contributed by atoms with E-state index in [0.29, 0.717) is 5.88 Å². The Labute approximate surface area is 112 Å². The van der Waals surface area contributed by atoms with E-state index in [-0.39, 0.29) is 0 Å². The van der Waals surface area contributed by atoms with E-state index in [2.05, 4.69) is 27.4 Å². The Hall–Kier alpha value is -1.61. The third-order valence-corrected chi connectivity index (χ3v) is 2.99. The molecule has 0 atom stereocenters. The average Bonchev–Trinajstić information content (AvgIpc) is 2.37. The van der Waals surface area contributed by atoms with Gasteiger partial charge in [-0.1, -0.05) is 12.1 Å². The SMILES string of the molecule is Cc1ncc(Nc2ccc(CCCl)cc2)nc1C. The molecule has 0 amide bonds. The number of aryl methyl sites for hydroxylation is 3. The number of benzene rings is 1. The van der Waals surface area contributed by atoms with Crippen molar-refractivity contribution in [1.82, 2.24) is 9.97 Å². The van der Waals surface area contributed by atoms with Crippen molar-refractivity contribution >= 4 is 23.1 Å². The quantitative estimate of drug-likeness (QED) is 0.855. The first-order valence-electron chi connectivity index (χ1n) is 5.91. The fourth-order valence-corrected chi connectivity index (χ4v) is 1.83. The van der Waals surface area contributed by atoms with Gasteiger partial charge in [-0.15, -0.1) is 11.6 Å². The van der Waals surface area contributed by atoms with Crippen molar-refractivity contribution in [3.63, 3.8) is 0 Å². The Kier molecular flexibility index (Phi) is 4.15. The molecule has 1 heterocycles. The summed E-state index contributed by atoms with van der Waals surface area (Å²) in [6.45, 7) is 3.91. The monoisotopic (exact) mass is 261 g/mol. The molecule has 0 fully saturated rings. The van der Waals surface area contributed by atoms with Gasteiger partial charge in [0.2, 0.25) is 0 Å². The van der Waals surface area contributed by atoms with Crippen molar-refractivity contribution in [3.05, 3.63) is 47.4 Å². The summed E-state index contributed by atoms with van der Waals surface area (Å²) in [7, 11) is 0. The molecule has 2 aromatic rings. The minimum atomic E-state index is 0.648. The average molecular weight is 262 g/mol. The molecular formula is C14H16ClN3. The van der Waals surface area contributed by atoms with Crippen molar-refractivity contribution in [2.24, 2.45) is 0 Å². The van der Waals surface area contributed by atoms with Crippen LogP contribution in [0.3, 0.4) is 0 Å². The van der Waals surface area contributed by atoms with Crippen LogP contribution in [-0.4, -0.2) is 15.8 Å². The molecule has 0 saturated heterocycles. The molecule has 0 saturated carbocycles. The lowest BCUT2D eigenvalue weighted by atomic mass is 10.1. The predicted octanol–water partition coefficient (Wildman–Crippen LogP) is 3.62. The van der Waals surface area contributed by atoms with Crippen LogP contribution in [0.15, 0.2) is 30.5 Å². The number of anilines is 2. The Morgan fingerprint density at radius 3 is 2.44 bits per heavy atom. The van der Waals surface area contributed by atoms with Gasteiger partial charge in [-0.2, -0.15) is 0 Å². The minimum absolute atomic E-state index is 0.648. The molecule has 0 aliphatic heterocycles. The van der Waals surface area contributed by atoms with E-state index >= 15 is 0 Å². The molecule has 1 aromatic heterocycles. The number of nitrogens with one attached hydrogen (secondary N) is 1. The first-order chi connectivity index (χ1) is 8.69. The second kappa shape index (κ2) is 5.83. The van der Waals surface area contributed by atoms with Gasteiger partial charge < -0.3 is 5.32 Å². The Morgan fingerprint density at radius 2 is 1.83 bits per heavy atom. The highest BCUT2D eigenvalue weighted by atomic mass is 35.5. The number of halogens is 1. The molecule has 94 valence electrons. The van der Waals surface area contributed by atoms with Crippen molar-refractivity contribution in [2.45, 2.75) is 20.3 Å². The Bertz CT molecular complexity index is 523. The molecule has 2 rings (SSSR count). The fraction of sp³-hybridized carbons (Fsp3) is 0.286. The van der Waals surface area contributed by atoms with E-state index in [1.165, 1.54) is 5.56 Å². The standard InChI is InChI=1S/C14H16ClN3/c1-10-11(2)17-14(9-16-10)18-13-5-3-12(4-6-13)7-8-15/h3-6,9H,7-8H2,1-2H3,(H,17,18). The van der Waals surface area contributed by atoms with E-state index in [1.807, 2.05) is 26.0 Å². The van der Waals surface area contributed by atoms with Crippen LogP contribution >= 0.6 is 11.6 Å². The molecule has 0 spiro atoms. The lowest BCUT2D eigenvalue weighted by molar-refractivity contribution is 1.05. The number of hydrogen-bond acceptors (Lipinski definition) is 3. The molecule has 3 nitrogen and oxygen atoms in total. The van der Waals surface area contributed by atoms with Crippen LogP contribution in [0.2, 0.25) is 0 Å². The number of hydrogen-bond donors (Lipinski definition) is 1. The highest BCUT2D eigenvalue weighted by Gasteiger charge is 2.00. The molecular weight excluding hydrogens is 246 g/mol. The zero-order valence-electron chi connectivity index (χ0n) is 10.6. The lowest BCUT2D eigenvalue weighted by Crippen LogP contribution is -1.98. The largest absolute Gasteiger partial charge is 0.339 e. The summed E-state index contributed by atoms with van der Waals surface area (Å²) in [4.78, 5) is 8.71. The van der Waals surface area contributed by atoms with E-state index in [9.17, 15) is 0 Å². The van der Waals surface area contributed by atoms with Gasteiger partial charge in [0.05, 0.1) is 17.6 Å². The molecule has 18 heavy (non-hydrogen) atoms. The van der Waals surface area contributed by atoms with Gasteiger partial charge in [-0.25, -0.2) is 4.98 Å². The Balaban J connectivity index is 2.10. The maximum absolute atomic E-state index is 5.70. The fourth-order valence-electron chi connectivity index (χ4n) is 1.61. The van der Waals surface area contributed by atoms with Gasteiger partial charge in [0.15, 0.2) is 0 Å². The number of nitrogens with zero attached hydrogens (tertiary/aromatic N) is 2. The van der Waals surface area contributed by atoms with Crippen LogP contribution < -0.4 is 5.32 Å². The smallest absolute Gasteiger partial charge is 0.149 e. The van der Waals surface area contributed by atoms with Crippen LogP contribution in [0.5, 0.6) is 0 Å². The first-order valence-corrected chi connectivity index (χ1v) is 6.44. The summed E-state index contributed by atoms with van der Waals surface area (Å²) in [5, 5.41) is 3.23. The molecule has 0 radical (unpaired) electrons. The molecule has 0 unspecified atom stereocenters. The van der Waals surface area contributed by atoms with Gasteiger partial charge in [0.25, 0.3) is 0 Å². The predicted molar refractivity (Wildman–Crippen MR) is 75.7 cm³/mol. The van der Waals surface area contributed by atoms with E-state index < -0.39 is 0 Å². The minimum Gasteiger partial charge on any atom is -0.339 e. The van der Waals surface area contributed by atoms with Crippen LogP contribution in [0.1, 0.15) is 17.0 Å². The summed E-state index contributed by atoms with van der Waals surface area (Å²) in [6, 6.07) is 8.19. The highest BCUT2D eigenvalue weighted by Crippen LogP contribution is 2.16. The summed E-state index contributed by atoms with van der Waals surface area (Å²) < 4.78 is 0. The second-order valence-electron chi connectivity index (χ2n) is 4.19. The maximum Gasteiger partial charge on any atom is 0.149 e. The topological polar surface area (TPSA) is 37.8 Å². The first kappa shape index (κ1) is 12.8. The number of alkyl halides is 1. The van der Waals surface area contributed by atoms with E-state index in [4.69, 9.17) is 11.6 Å². The third-order valence-electron chi connectivity index (χ3n) is 2.80. The molecule has 1 aromatic carbocycles. The van der Waals surface area contributed by atoms with Gasteiger partial charge in [-0.05, 0) is 38.0 Å². The summed E-state index contributed by atoms with van der Waals surface area (Å²) in [5.74, 6) is 1.42. The normalized spacial score (nSPS) is 10.4. The molecule has 0 aliphatic carbocycles. The number of aromatic nitrogens is 2. The second-order valence-corrected chi connectivity index (χ2v) is 4.56. The van der Waals surface area contributed by atoms with Crippen molar-refractivity contribution in [2.75, 3.05) is 11.2 Å². The molecule has 0 bridgehead atoms. The summed E-state index contributed by atoms with van der Waals surface area (Å²) in [6.07, 6.45) is 2.64. The highest BCUT2D eigenvalue weighted by molar-refractivity contribution is 6.17. The third kappa shape index (κ3) is 3.20. The zero-order chi connectivity index (χ0) is 13.0. The van der Waals surface area contributed by atoms with Crippen LogP contribution in [0.25, 0.3) is 0 Å². The Morgan fingerprint density at radius 1 is 1.11 bits per heavy atom. The lowest BCUT2D eigenvalue weighted by Gasteiger charge is -2.07. The van der Waals surface area contributed by atoms with Gasteiger partial charge >= 0.3 is 0 Å². The van der Waals surface area contributed by atoms with Gasteiger partial charge in [-0.3, -0.25) is 4.98 Å². The summed E-state index contributed by atoms with van der Waals surface area (Å²) in [5.41, 5.74) is 4.14. The van der Waals surface area contributed by atoms with Gasteiger partial charge in [0, 0.05) is 11.6 Å².